The summed E-state index contributed by atoms with van der Waals surface area (Å²) in [5.41, 5.74) is 1.82. The van der Waals surface area contributed by atoms with Crippen molar-refractivity contribution in [2.45, 2.75) is 20.0 Å². The van der Waals surface area contributed by atoms with E-state index in [2.05, 4.69) is 20.6 Å². The highest BCUT2D eigenvalue weighted by atomic mass is 16.5. The molecule has 96 valence electrons. The van der Waals surface area contributed by atoms with Crippen LogP contribution in [0.5, 0.6) is 5.75 Å². The Bertz CT molecular complexity index is 497. The molecule has 2 aromatic rings. The molecule has 0 aliphatic carbocycles. The van der Waals surface area contributed by atoms with Crippen LogP contribution in [0.2, 0.25) is 0 Å². The minimum absolute atomic E-state index is 0.550. The van der Waals surface area contributed by atoms with E-state index in [-0.39, 0.29) is 0 Å². The highest BCUT2D eigenvalue weighted by Gasteiger charge is 2.01. The minimum Gasteiger partial charge on any atom is -0.490 e. The number of pyridine rings is 1. The normalized spacial score (nSPS) is 10.6. The van der Waals surface area contributed by atoms with Gasteiger partial charge in [0.05, 0.1) is 17.9 Å². The van der Waals surface area contributed by atoms with Gasteiger partial charge in [0.15, 0.2) is 0 Å². The number of hydrogen-bond donors (Lipinski definition) is 1. The summed E-state index contributed by atoms with van der Waals surface area (Å²) in [6.45, 7) is 3.87. The third-order valence-electron chi connectivity index (χ3n) is 2.48. The molecule has 6 heteroatoms. The van der Waals surface area contributed by atoms with E-state index in [1.807, 2.05) is 32.3 Å². The molecule has 0 aromatic carbocycles. The maximum atomic E-state index is 5.64. The number of nitrogens with one attached hydrogen (secondary N) is 1. The molecule has 0 aliphatic heterocycles. The molecule has 2 heterocycles. The maximum Gasteiger partial charge on any atom is 0.140 e. The topological polar surface area (TPSA) is 64.9 Å². The van der Waals surface area contributed by atoms with Gasteiger partial charge in [-0.05, 0) is 26.1 Å². The molecule has 1 N–H and O–H groups in total. The van der Waals surface area contributed by atoms with E-state index in [9.17, 15) is 0 Å². The predicted octanol–water partition coefficient (Wildman–Crippen LogP) is 0.780. The number of hydrogen-bond acceptors (Lipinski definition) is 5. The average Bonchev–Trinajstić information content (AvgIpc) is 2.80. The fourth-order valence-electron chi connectivity index (χ4n) is 1.58. The molecule has 0 atom stereocenters. The lowest BCUT2D eigenvalue weighted by molar-refractivity contribution is 0.286. The summed E-state index contributed by atoms with van der Waals surface area (Å²) in [7, 11) is 1.88. The lowest BCUT2D eigenvalue weighted by Crippen LogP contribution is -2.09. The Kier molecular flexibility index (Phi) is 4.25. The standard InChI is InChI=1S/C12H17N5O/c1-10-12(4-3-5-14-10)18-7-6-17-9-11(8-13-2)15-16-17/h3-5,9,13H,6-8H2,1-2H3. The van der Waals surface area contributed by atoms with Crippen molar-refractivity contribution in [2.24, 2.45) is 0 Å². The van der Waals surface area contributed by atoms with Gasteiger partial charge in [-0.1, -0.05) is 5.21 Å². The van der Waals surface area contributed by atoms with Gasteiger partial charge < -0.3 is 10.1 Å². The van der Waals surface area contributed by atoms with Crippen LogP contribution in [0.4, 0.5) is 0 Å². The highest BCUT2D eigenvalue weighted by Crippen LogP contribution is 2.13. The van der Waals surface area contributed by atoms with E-state index in [0.717, 1.165) is 23.7 Å². The van der Waals surface area contributed by atoms with E-state index < -0.39 is 0 Å². The van der Waals surface area contributed by atoms with Crippen LogP contribution >= 0.6 is 0 Å². The van der Waals surface area contributed by atoms with Gasteiger partial charge in [0.25, 0.3) is 0 Å². The second-order valence-corrected chi connectivity index (χ2v) is 3.94. The van der Waals surface area contributed by atoms with Crippen molar-refractivity contribution in [1.29, 1.82) is 0 Å². The number of aromatic nitrogens is 4. The predicted molar refractivity (Wildman–Crippen MR) is 67.3 cm³/mol. The van der Waals surface area contributed by atoms with Gasteiger partial charge >= 0.3 is 0 Å². The Morgan fingerprint density at radius 1 is 1.44 bits per heavy atom. The summed E-state index contributed by atoms with van der Waals surface area (Å²) in [6.07, 6.45) is 3.67. The molecule has 0 amide bonds. The second-order valence-electron chi connectivity index (χ2n) is 3.94. The largest absolute Gasteiger partial charge is 0.490 e. The van der Waals surface area contributed by atoms with Crippen molar-refractivity contribution in [3.05, 3.63) is 35.9 Å². The van der Waals surface area contributed by atoms with Crippen molar-refractivity contribution in [2.75, 3.05) is 13.7 Å². The summed E-state index contributed by atoms with van der Waals surface area (Å²) < 4.78 is 7.42. The Labute approximate surface area is 106 Å². The molecule has 18 heavy (non-hydrogen) atoms. The molecule has 0 saturated carbocycles. The van der Waals surface area contributed by atoms with Crippen LogP contribution in [0, 0.1) is 6.92 Å². The van der Waals surface area contributed by atoms with Crippen LogP contribution in [-0.4, -0.2) is 33.6 Å². The van der Waals surface area contributed by atoms with Crippen molar-refractivity contribution < 1.29 is 4.74 Å². The first kappa shape index (κ1) is 12.5. The van der Waals surface area contributed by atoms with E-state index in [0.29, 0.717) is 13.2 Å². The van der Waals surface area contributed by atoms with Crippen LogP contribution in [0.1, 0.15) is 11.4 Å². The first-order valence-electron chi connectivity index (χ1n) is 5.87. The molecule has 0 unspecified atom stereocenters. The van der Waals surface area contributed by atoms with Gasteiger partial charge in [0, 0.05) is 18.9 Å². The quantitative estimate of drug-likeness (QED) is 0.817. The van der Waals surface area contributed by atoms with Gasteiger partial charge in [-0.2, -0.15) is 0 Å². The van der Waals surface area contributed by atoms with Crippen LogP contribution in [-0.2, 0) is 13.1 Å². The first-order chi connectivity index (χ1) is 8.79. The zero-order chi connectivity index (χ0) is 12.8. The van der Waals surface area contributed by atoms with Gasteiger partial charge in [-0.3, -0.25) is 4.98 Å². The number of ether oxygens (including phenoxy) is 1. The van der Waals surface area contributed by atoms with Crippen molar-refractivity contribution in [1.82, 2.24) is 25.3 Å². The van der Waals surface area contributed by atoms with Gasteiger partial charge in [0.2, 0.25) is 0 Å². The maximum absolute atomic E-state index is 5.64. The third-order valence-corrected chi connectivity index (χ3v) is 2.48. The molecule has 0 bridgehead atoms. The molecular formula is C12H17N5O. The van der Waals surface area contributed by atoms with Crippen LogP contribution in [0.3, 0.4) is 0 Å². The average molecular weight is 247 g/mol. The zero-order valence-electron chi connectivity index (χ0n) is 10.6. The summed E-state index contributed by atoms with van der Waals surface area (Å²) in [5.74, 6) is 0.813. The molecule has 0 radical (unpaired) electrons. The second kappa shape index (κ2) is 6.11. The van der Waals surface area contributed by atoms with Crippen molar-refractivity contribution in [3.63, 3.8) is 0 Å². The van der Waals surface area contributed by atoms with Gasteiger partial charge in [-0.25, -0.2) is 4.68 Å². The Balaban J connectivity index is 1.83. The smallest absolute Gasteiger partial charge is 0.140 e. The summed E-state index contributed by atoms with van der Waals surface area (Å²) in [6, 6.07) is 3.78. The van der Waals surface area contributed by atoms with E-state index >= 15 is 0 Å². The molecule has 2 rings (SSSR count). The van der Waals surface area contributed by atoms with Crippen molar-refractivity contribution >= 4 is 0 Å². The fraction of sp³-hybridized carbons (Fsp3) is 0.417. The Morgan fingerprint density at radius 3 is 3.11 bits per heavy atom. The van der Waals surface area contributed by atoms with E-state index in [1.54, 1.807) is 10.9 Å². The van der Waals surface area contributed by atoms with E-state index in [4.69, 9.17) is 4.74 Å². The molecule has 0 aliphatic rings. The lowest BCUT2D eigenvalue weighted by Gasteiger charge is -2.07. The Hall–Kier alpha value is -1.95. The van der Waals surface area contributed by atoms with Crippen LogP contribution in [0.15, 0.2) is 24.5 Å². The fourth-order valence-corrected chi connectivity index (χ4v) is 1.58. The van der Waals surface area contributed by atoms with Crippen LogP contribution in [0.25, 0.3) is 0 Å². The van der Waals surface area contributed by atoms with Gasteiger partial charge in [-0.15, -0.1) is 5.10 Å². The highest BCUT2D eigenvalue weighted by molar-refractivity contribution is 5.25. The lowest BCUT2D eigenvalue weighted by atomic mass is 10.3. The van der Waals surface area contributed by atoms with Crippen LogP contribution < -0.4 is 10.1 Å². The molecule has 0 spiro atoms. The molecule has 6 nitrogen and oxygen atoms in total. The van der Waals surface area contributed by atoms with Gasteiger partial charge in [0.1, 0.15) is 12.4 Å². The third kappa shape index (κ3) is 3.27. The summed E-state index contributed by atoms with van der Waals surface area (Å²) >= 11 is 0. The Morgan fingerprint density at radius 2 is 2.33 bits per heavy atom. The van der Waals surface area contributed by atoms with Crippen molar-refractivity contribution in [3.8, 4) is 5.75 Å². The molecule has 0 saturated heterocycles. The summed E-state index contributed by atoms with van der Waals surface area (Å²) in [5, 5.41) is 11.1. The first-order valence-corrected chi connectivity index (χ1v) is 5.87. The molecule has 2 aromatic heterocycles. The molecular weight excluding hydrogens is 230 g/mol. The number of aryl methyl sites for hydroxylation is 1. The monoisotopic (exact) mass is 247 g/mol. The molecule has 0 fully saturated rings. The SMILES string of the molecule is CNCc1cn(CCOc2cccnc2C)nn1. The minimum atomic E-state index is 0.550. The van der Waals surface area contributed by atoms with E-state index in [1.165, 1.54) is 0 Å². The zero-order valence-corrected chi connectivity index (χ0v) is 10.6. The summed E-state index contributed by atoms with van der Waals surface area (Å²) in [4.78, 5) is 4.17. The number of rotatable bonds is 6. The number of nitrogens with zero attached hydrogens (tertiary/aromatic N) is 4.